The van der Waals surface area contributed by atoms with E-state index in [9.17, 15) is 4.79 Å². The first-order valence-electron chi connectivity index (χ1n) is 4.82. The molecule has 9 heteroatoms. The molecule has 0 amide bonds. The zero-order valence-corrected chi connectivity index (χ0v) is 10.1. The maximum absolute atomic E-state index is 10.4. The first-order valence-corrected chi connectivity index (χ1v) is 5.80. The minimum absolute atomic E-state index is 0.143. The van der Waals surface area contributed by atoms with Crippen LogP contribution in [0.4, 0.5) is 0 Å². The number of rotatable bonds is 6. The highest BCUT2D eigenvalue weighted by Crippen LogP contribution is 2.22. The highest BCUT2D eigenvalue weighted by molar-refractivity contribution is 7.99. The number of carboxylic acid groups (broad SMARTS) is 1. The average molecular weight is 271 g/mol. The van der Waals surface area contributed by atoms with Crippen LogP contribution in [0.1, 0.15) is 5.76 Å². The molecule has 2 rings (SSSR count). The molecule has 1 N–H and O–H groups in total. The summed E-state index contributed by atoms with van der Waals surface area (Å²) in [6.45, 7) is 0.293. The highest BCUT2D eigenvalue weighted by atomic mass is 32.2. The molecule has 0 spiro atoms. The SMILES string of the molecule is COCc1cc(-c2nnc(SCC(=O)O)o2)no1. The molecule has 0 aliphatic heterocycles. The van der Waals surface area contributed by atoms with Gasteiger partial charge in [0, 0.05) is 13.2 Å². The molecule has 0 saturated heterocycles. The van der Waals surface area contributed by atoms with E-state index >= 15 is 0 Å². The van der Waals surface area contributed by atoms with Crippen molar-refractivity contribution in [2.45, 2.75) is 11.8 Å². The fourth-order valence-corrected chi connectivity index (χ4v) is 1.60. The molecule has 0 bridgehead atoms. The first kappa shape index (κ1) is 12.6. The summed E-state index contributed by atoms with van der Waals surface area (Å²) in [6, 6.07) is 1.61. The van der Waals surface area contributed by atoms with Crippen molar-refractivity contribution >= 4 is 17.7 Å². The Balaban J connectivity index is 2.06. The Morgan fingerprint density at radius 3 is 3.11 bits per heavy atom. The smallest absolute Gasteiger partial charge is 0.314 e. The number of ether oxygens (including phenoxy) is 1. The Hall–Kier alpha value is -1.87. The van der Waals surface area contributed by atoms with Crippen LogP contribution in [0, 0.1) is 0 Å². The van der Waals surface area contributed by atoms with Crippen molar-refractivity contribution in [3.8, 4) is 11.6 Å². The summed E-state index contributed by atoms with van der Waals surface area (Å²) in [4.78, 5) is 10.4. The summed E-state index contributed by atoms with van der Waals surface area (Å²) in [5.41, 5.74) is 0.386. The Morgan fingerprint density at radius 1 is 1.56 bits per heavy atom. The minimum Gasteiger partial charge on any atom is -0.481 e. The van der Waals surface area contributed by atoms with E-state index < -0.39 is 5.97 Å². The van der Waals surface area contributed by atoms with Crippen LogP contribution in [0.25, 0.3) is 11.6 Å². The van der Waals surface area contributed by atoms with Crippen LogP contribution in [0.15, 0.2) is 20.2 Å². The lowest BCUT2D eigenvalue weighted by molar-refractivity contribution is -0.133. The van der Waals surface area contributed by atoms with Crippen LogP contribution in [0.5, 0.6) is 0 Å². The molecule has 2 heterocycles. The van der Waals surface area contributed by atoms with E-state index in [0.29, 0.717) is 18.1 Å². The zero-order chi connectivity index (χ0) is 13.0. The van der Waals surface area contributed by atoms with Crippen LogP contribution in [-0.4, -0.2) is 39.3 Å². The monoisotopic (exact) mass is 271 g/mol. The van der Waals surface area contributed by atoms with Crippen molar-refractivity contribution in [1.82, 2.24) is 15.4 Å². The molecule has 0 radical (unpaired) electrons. The molecule has 8 nitrogen and oxygen atoms in total. The summed E-state index contributed by atoms with van der Waals surface area (Å²) in [6.07, 6.45) is 0. The van der Waals surface area contributed by atoms with E-state index in [-0.39, 0.29) is 16.9 Å². The minimum atomic E-state index is -0.955. The van der Waals surface area contributed by atoms with Gasteiger partial charge in [-0.1, -0.05) is 16.9 Å². The van der Waals surface area contributed by atoms with E-state index in [2.05, 4.69) is 15.4 Å². The number of aromatic nitrogens is 3. The van der Waals surface area contributed by atoms with Gasteiger partial charge in [-0.2, -0.15) is 0 Å². The summed E-state index contributed by atoms with van der Waals surface area (Å²) in [5, 5.41) is 19.8. The second-order valence-electron chi connectivity index (χ2n) is 3.17. The zero-order valence-electron chi connectivity index (χ0n) is 9.32. The van der Waals surface area contributed by atoms with Crippen molar-refractivity contribution in [2.75, 3.05) is 12.9 Å². The van der Waals surface area contributed by atoms with Crippen molar-refractivity contribution in [3.05, 3.63) is 11.8 Å². The Labute approximate surface area is 105 Å². The molecule has 18 heavy (non-hydrogen) atoms. The number of carboxylic acids is 1. The van der Waals surface area contributed by atoms with Gasteiger partial charge in [-0.15, -0.1) is 10.2 Å². The molecule has 0 atom stereocenters. The van der Waals surface area contributed by atoms with Crippen LogP contribution in [-0.2, 0) is 16.1 Å². The number of nitrogens with zero attached hydrogens (tertiary/aromatic N) is 3. The number of carbonyl (C=O) groups is 1. The molecule has 2 aromatic heterocycles. The van der Waals surface area contributed by atoms with Crippen LogP contribution < -0.4 is 0 Å². The summed E-state index contributed by atoms with van der Waals surface area (Å²) >= 11 is 0.938. The maximum atomic E-state index is 10.4. The van der Waals surface area contributed by atoms with Gasteiger partial charge in [-0.05, 0) is 0 Å². The lowest BCUT2D eigenvalue weighted by atomic mass is 10.4. The molecule has 2 aromatic rings. The fourth-order valence-electron chi connectivity index (χ4n) is 1.12. The summed E-state index contributed by atoms with van der Waals surface area (Å²) < 4.78 is 15.1. The molecular formula is C9H9N3O5S. The highest BCUT2D eigenvalue weighted by Gasteiger charge is 2.14. The third kappa shape index (κ3) is 3.08. The van der Waals surface area contributed by atoms with E-state index in [1.54, 1.807) is 6.07 Å². The van der Waals surface area contributed by atoms with E-state index in [0.717, 1.165) is 11.8 Å². The Bertz CT molecular complexity index is 538. The first-order chi connectivity index (χ1) is 8.69. The van der Waals surface area contributed by atoms with Gasteiger partial charge < -0.3 is 18.8 Å². The van der Waals surface area contributed by atoms with Gasteiger partial charge in [0.2, 0.25) is 0 Å². The number of hydrogen-bond donors (Lipinski definition) is 1. The molecule has 0 aliphatic carbocycles. The molecule has 0 aromatic carbocycles. The van der Waals surface area contributed by atoms with E-state index in [1.807, 2.05) is 0 Å². The molecule has 0 saturated carbocycles. The van der Waals surface area contributed by atoms with Gasteiger partial charge in [0.25, 0.3) is 11.1 Å². The molecule has 0 aliphatic rings. The van der Waals surface area contributed by atoms with Gasteiger partial charge in [0.1, 0.15) is 12.4 Å². The molecule has 96 valence electrons. The molecule has 0 fully saturated rings. The maximum Gasteiger partial charge on any atom is 0.314 e. The van der Waals surface area contributed by atoms with Gasteiger partial charge in [-0.25, -0.2) is 0 Å². The van der Waals surface area contributed by atoms with Gasteiger partial charge in [0.05, 0.1) is 0 Å². The quantitative estimate of drug-likeness (QED) is 0.770. The predicted molar refractivity (Wildman–Crippen MR) is 58.9 cm³/mol. The van der Waals surface area contributed by atoms with Crippen molar-refractivity contribution in [3.63, 3.8) is 0 Å². The normalized spacial score (nSPS) is 10.7. The van der Waals surface area contributed by atoms with Crippen LogP contribution in [0.3, 0.4) is 0 Å². The third-order valence-electron chi connectivity index (χ3n) is 1.79. The van der Waals surface area contributed by atoms with Crippen molar-refractivity contribution < 1.29 is 23.6 Å². The van der Waals surface area contributed by atoms with Crippen molar-refractivity contribution in [1.29, 1.82) is 0 Å². The topological polar surface area (TPSA) is 111 Å². The number of hydrogen-bond acceptors (Lipinski definition) is 8. The summed E-state index contributed by atoms with van der Waals surface area (Å²) in [5.74, 6) is -0.391. The predicted octanol–water partition coefficient (Wildman–Crippen LogP) is 1.05. The lowest BCUT2D eigenvalue weighted by Gasteiger charge is -1.88. The van der Waals surface area contributed by atoms with E-state index in [1.165, 1.54) is 7.11 Å². The standard InChI is InChI=1S/C9H9N3O5S/c1-15-3-5-2-6(12-17-5)8-10-11-9(16-8)18-4-7(13)14/h2H,3-4H2,1H3,(H,13,14). The van der Waals surface area contributed by atoms with Crippen LogP contribution >= 0.6 is 11.8 Å². The lowest BCUT2D eigenvalue weighted by Crippen LogP contribution is -1.97. The second kappa shape index (κ2) is 5.65. The average Bonchev–Trinajstić information content (AvgIpc) is 2.94. The van der Waals surface area contributed by atoms with Gasteiger partial charge in [-0.3, -0.25) is 4.79 Å². The van der Waals surface area contributed by atoms with Crippen LogP contribution in [0.2, 0.25) is 0 Å². The number of methoxy groups -OCH3 is 1. The largest absolute Gasteiger partial charge is 0.481 e. The number of aliphatic carboxylic acids is 1. The van der Waals surface area contributed by atoms with Gasteiger partial charge >= 0.3 is 5.97 Å². The number of thioether (sulfide) groups is 1. The molecular weight excluding hydrogens is 262 g/mol. The van der Waals surface area contributed by atoms with E-state index in [4.69, 9.17) is 18.8 Å². The fraction of sp³-hybridized carbons (Fsp3) is 0.333. The molecule has 0 unspecified atom stereocenters. The van der Waals surface area contributed by atoms with Crippen molar-refractivity contribution in [2.24, 2.45) is 0 Å². The van der Waals surface area contributed by atoms with Gasteiger partial charge in [0.15, 0.2) is 11.5 Å². The second-order valence-corrected chi connectivity index (χ2v) is 4.09. The Morgan fingerprint density at radius 2 is 2.39 bits per heavy atom. The summed E-state index contributed by atoms with van der Waals surface area (Å²) in [7, 11) is 1.54. The third-order valence-corrected chi connectivity index (χ3v) is 2.59. The Kier molecular flexibility index (Phi) is 3.95.